The monoisotopic (exact) mass is 266 g/mol. The van der Waals surface area contributed by atoms with Gasteiger partial charge in [0, 0.05) is 24.5 Å². The molecule has 104 valence electrons. The number of hydrogen-bond acceptors (Lipinski definition) is 2. The largest absolute Gasteiger partial charge is 0.341 e. The molecule has 0 aromatic heterocycles. The van der Waals surface area contributed by atoms with E-state index in [1.54, 1.807) is 0 Å². The maximum atomic E-state index is 3.27. The van der Waals surface area contributed by atoms with E-state index in [0.29, 0.717) is 5.92 Å². The third-order valence-electron chi connectivity index (χ3n) is 3.99. The number of anilines is 2. The van der Waals surface area contributed by atoms with Gasteiger partial charge in [-0.25, -0.2) is 0 Å². The summed E-state index contributed by atoms with van der Waals surface area (Å²) in [6.45, 7) is 4.34. The average molecular weight is 266 g/mol. The lowest BCUT2D eigenvalue weighted by atomic mass is 9.93. The van der Waals surface area contributed by atoms with Crippen LogP contribution >= 0.6 is 0 Å². The Morgan fingerprint density at radius 2 is 1.75 bits per heavy atom. The highest BCUT2D eigenvalue weighted by atomic mass is 15.1. The van der Waals surface area contributed by atoms with Gasteiger partial charge < -0.3 is 10.2 Å². The summed E-state index contributed by atoms with van der Waals surface area (Å²) < 4.78 is 0. The second-order valence-electron chi connectivity index (χ2n) is 5.71. The Morgan fingerprint density at radius 1 is 1.05 bits per heavy atom. The van der Waals surface area contributed by atoms with Gasteiger partial charge in [0.15, 0.2) is 0 Å². The molecule has 3 rings (SSSR count). The number of para-hydroxylation sites is 2. The molecule has 0 radical (unpaired) electrons. The van der Waals surface area contributed by atoms with Gasteiger partial charge in [-0.1, -0.05) is 43.3 Å². The minimum absolute atomic E-state index is 0.688. The molecule has 1 heterocycles. The molecule has 1 atom stereocenters. The lowest BCUT2D eigenvalue weighted by molar-refractivity contribution is 0.561. The predicted molar refractivity (Wildman–Crippen MR) is 85.5 cm³/mol. The number of benzene rings is 2. The van der Waals surface area contributed by atoms with Crippen molar-refractivity contribution in [3.05, 3.63) is 59.7 Å². The van der Waals surface area contributed by atoms with Crippen molar-refractivity contribution in [2.45, 2.75) is 19.9 Å². The highest BCUT2D eigenvalue weighted by Crippen LogP contribution is 2.36. The summed E-state index contributed by atoms with van der Waals surface area (Å²) in [5.41, 5.74) is 5.53. The molecule has 0 bridgehead atoms. The minimum Gasteiger partial charge on any atom is -0.341 e. The molecule has 0 saturated carbocycles. The van der Waals surface area contributed by atoms with Crippen molar-refractivity contribution in [1.82, 2.24) is 5.32 Å². The predicted octanol–water partition coefficient (Wildman–Crippen LogP) is 3.74. The molecule has 2 nitrogen and oxygen atoms in total. The fourth-order valence-electron chi connectivity index (χ4n) is 3.14. The summed E-state index contributed by atoms with van der Waals surface area (Å²) in [7, 11) is 2.00. The van der Waals surface area contributed by atoms with Crippen molar-refractivity contribution >= 4 is 11.4 Å². The number of fused-ring (bicyclic) bond motifs is 1. The Labute approximate surface area is 121 Å². The molecule has 0 spiro atoms. The van der Waals surface area contributed by atoms with Crippen molar-refractivity contribution in [1.29, 1.82) is 0 Å². The fourth-order valence-corrected chi connectivity index (χ4v) is 3.14. The van der Waals surface area contributed by atoms with E-state index in [-0.39, 0.29) is 0 Å². The average Bonchev–Trinajstić information content (AvgIpc) is 2.47. The van der Waals surface area contributed by atoms with Crippen LogP contribution < -0.4 is 10.2 Å². The van der Waals surface area contributed by atoms with Gasteiger partial charge in [-0.3, -0.25) is 0 Å². The van der Waals surface area contributed by atoms with Crippen LogP contribution in [0, 0.1) is 5.92 Å². The van der Waals surface area contributed by atoms with Crippen LogP contribution in [-0.2, 0) is 13.0 Å². The van der Waals surface area contributed by atoms with Crippen molar-refractivity contribution in [2.75, 3.05) is 18.5 Å². The third-order valence-corrected chi connectivity index (χ3v) is 3.99. The van der Waals surface area contributed by atoms with E-state index >= 15 is 0 Å². The Kier molecular flexibility index (Phi) is 3.75. The second-order valence-corrected chi connectivity index (χ2v) is 5.71. The Hall–Kier alpha value is -1.80. The van der Waals surface area contributed by atoms with Crippen LogP contribution in [0.5, 0.6) is 0 Å². The van der Waals surface area contributed by atoms with Crippen molar-refractivity contribution in [3.8, 4) is 0 Å². The van der Waals surface area contributed by atoms with E-state index in [2.05, 4.69) is 65.7 Å². The zero-order valence-corrected chi connectivity index (χ0v) is 12.3. The summed E-state index contributed by atoms with van der Waals surface area (Å²) in [5, 5.41) is 3.27. The number of nitrogens with one attached hydrogen (secondary N) is 1. The standard InChI is InChI=1S/C18H22N2/c1-14-11-15-7-3-5-9-17(15)20(13-14)18-10-6-4-8-16(18)12-19-2/h3-10,14,19H,11-13H2,1-2H3. The molecule has 2 heteroatoms. The maximum Gasteiger partial charge on any atom is 0.0456 e. The topological polar surface area (TPSA) is 15.3 Å². The first-order valence-corrected chi connectivity index (χ1v) is 7.37. The molecule has 0 amide bonds. The summed E-state index contributed by atoms with van der Waals surface area (Å²) in [4.78, 5) is 2.48. The molecular weight excluding hydrogens is 244 g/mol. The highest BCUT2D eigenvalue weighted by Gasteiger charge is 2.23. The van der Waals surface area contributed by atoms with Gasteiger partial charge in [-0.2, -0.15) is 0 Å². The minimum atomic E-state index is 0.688. The van der Waals surface area contributed by atoms with Crippen molar-refractivity contribution < 1.29 is 0 Å². The van der Waals surface area contributed by atoms with E-state index in [9.17, 15) is 0 Å². The molecule has 1 unspecified atom stereocenters. The van der Waals surface area contributed by atoms with E-state index in [4.69, 9.17) is 0 Å². The normalized spacial score (nSPS) is 17.9. The van der Waals surface area contributed by atoms with Crippen LogP contribution in [0.15, 0.2) is 48.5 Å². The van der Waals surface area contributed by atoms with E-state index in [1.165, 1.54) is 28.9 Å². The fraction of sp³-hybridized carbons (Fsp3) is 0.333. The molecule has 0 aliphatic carbocycles. The second kappa shape index (κ2) is 5.68. The summed E-state index contributed by atoms with van der Waals surface area (Å²) in [5.74, 6) is 0.688. The van der Waals surface area contributed by atoms with Crippen LogP contribution in [0.4, 0.5) is 11.4 Å². The first kappa shape index (κ1) is 13.2. The van der Waals surface area contributed by atoms with Crippen LogP contribution in [0.2, 0.25) is 0 Å². The van der Waals surface area contributed by atoms with Crippen LogP contribution in [0.25, 0.3) is 0 Å². The van der Waals surface area contributed by atoms with Crippen LogP contribution in [0.3, 0.4) is 0 Å². The zero-order chi connectivity index (χ0) is 13.9. The molecule has 1 aliphatic heterocycles. The van der Waals surface area contributed by atoms with Crippen molar-refractivity contribution in [2.24, 2.45) is 5.92 Å². The van der Waals surface area contributed by atoms with Gasteiger partial charge in [0.1, 0.15) is 0 Å². The summed E-state index contributed by atoms with van der Waals surface area (Å²) in [6, 6.07) is 17.5. The molecule has 20 heavy (non-hydrogen) atoms. The van der Waals surface area contributed by atoms with Crippen molar-refractivity contribution in [3.63, 3.8) is 0 Å². The zero-order valence-electron chi connectivity index (χ0n) is 12.3. The quantitative estimate of drug-likeness (QED) is 0.910. The van der Waals surface area contributed by atoms with Gasteiger partial charge in [-0.15, -0.1) is 0 Å². The first-order chi connectivity index (χ1) is 9.79. The molecule has 2 aromatic carbocycles. The number of rotatable bonds is 3. The Morgan fingerprint density at radius 3 is 2.55 bits per heavy atom. The number of hydrogen-bond donors (Lipinski definition) is 1. The van der Waals surface area contributed by atoms with Crippen LogP contribution in [-0.4, -0.2) is 13.6 Å². The van der Waals surface area contributed by atoms with Crippen LogP contribution in [0.1, 0.15) is 18.1 Å². The SMILES string of the molecule is CNCc1ccccc1N1CC(C)Cc2ccccc21. The summed E-state index contributed by atoms with van der Waals surface area (Å²) in [6.07, 6.45) is 1.18. The third kappa shape index (κ3) is 2.44. The molecule has 1 N–H and O–H groups in total. The molecular formula is C18H22N2. The Bertz CT molecular complexity index is 591. The Balaban J connectivity index is 2.06. The van der Waals surface area contributed by atoms with Gasteiger partial charge in [0.25, 0.3) is 0 Å². The summed E-state index contributed by atoms with van der Waals surface area (Å²) >= 11 is 0. The van der Waals surface area contributed by atoms with Gasteiger partial charge in [0.05, 0.1) is 0 Å². The van der Waals surface area contributed by atoms with E-state index in [1.807, 2.05) is 7.05 Å². The molecule has 1 aliphatic rings. The van der Waals surface area contributed by atoms with Gasteiger partial charge in [-0.05, 0) is 42.6 Å². The smallest absolute Gasteiger partial charge is 0.0456 e. The lowest BCUT2D eigenvalue weighted by Gasteiger charge is -2.36. The van der Waals surface area contributed by atoms with E-state index < -0.39 is 0 Å². The molecule has 0 saturated heterocycles. The molecule has 0 fully saturated rings. The first-order valence-electron chi connectivity index (χ1n) is 7.37. The maximum absolute atomic E-state index is 3.27. The van der Waals surface area contributed by atoms with Gasteiger partial charge in [0.2, 0.25) is 0 Å². The highest BCUT2D eigenvalue weighted by molar-refractivity contribution is 5.70. The van der Waals surface area contributed by atoms with Gasteiger partial charge >= 0.3 is 0 Å². The lowest BCUT2D eigenvalue weighted by Crippen LogP contribution is -2.31. The number of nitrogens with zero attached hydrogens (tertiary/aromatic N) is 1. The molecule has 2 aromatic rings. The van der Waals surface area contributed by atoms with E-state index in [0.717, 1.165) is 13.1 Å².